The number of halogens is 1. The molecule has 1 aliphatic heterocycles. The van der Waals surface area contributed by atoms with E-state index >= 15 is 0 Å². The van der Waals surface area contributed by atoms with Gasteiger partial charge in [-0.3, -0.25) is 9.59 Å². The first kappa shape index (κ1) is 13.8. The van der Waals surface area contributed by atoms with Crippen LogP contribution in [0.1, 0.15) is 36.8 Å². The Morgan fingerprint density at radius 1 is 1.47 bits per heavy atom. The maximum absolute atomic E-state index is 12.0. The smallest absolute Gasteiger partial charge is 0.326 e. The lowest BCUT2D eigenvalue weighted by molar-refractivity contribution is -0.155. The molecule has 1 aliphatic rings. The van der Waals surface area contributed by atoms with Gasteiger partial charge in [0, 0.05) is 12.1 Å². The summed E-state index contributed by atoms with van der Waals surface area (Å²) in [5.74, 6) is -0.719. The Hall–Kier alpha value is -1.62. The summed E-state index contributed by atoms with van der Waals surface area (Å²) in [7, 11) is 0. The van der Waals surface area contributed by atoms with Gasteiger partial charge in [0.05, 0.1) is 0 Å². The number of pyridine rings is 1. The number of nitrogens with zero attached hydrogens (tertiary/aromatic N) is 2. The van der Waals surface area contributed by atoms with Crippen LogP contribution in [0.15, 0.2) is 12.1 Å². The van der Waals surface area contributed by atoms with E-state index in [1.807, 2.05) is 0 Å². The molecular weight excluding hydrogens is 268 g/mol. The van der Waals surface area contributed by atoms with Crippen LogP contribution in [0.25, 0.3) is 0 Å². The van der Waals surface area contributed by atoms with Gasteiger partial charge >= 0.3 is 5.97 Å². The molecule has 0 bridgehead atoms. The normalized spacial score (nSPS) is 14.5. The number of amides is 1. The van der Waals surface area contributed by atoms with Gasteiger partial charge in [-0.05, 0) is 26.8 Å². The Kier molecular flexibility index (Phi) is 3.49. The van der Waals surface area contributed by atoms with Crippen molar-refractivity contribution in [2.24, 2.45) is 0 Å². The van der Waals surface area contributed by atoms with Gasteiger partial charge in [0.1, 0.15) is 23.0 Å². The summed E-state index contributed by atoms with van der Waals surface area (Å²) in [6.45, 7) is 5.63. The van der Waals surface area contributed by atoms with Crippen LogP contribution in [0.3, 0.4) is 0 Å². The van der Waals surface area contributed by atoms with Crippen molar-refractivity contribution >= 4 is 23.5 Å². The van der Waals surface area contributed by atoms with Crippen molar-refractivity contribution in [2.45, 2.75) is 32.9 Å². The van der Waals surface area contributed by atoms with Crippen LogP contribution in [-0.4, -0.2) is 33.9 Å². The van der Waals surface area contributed by atoms with Crippen LogP contribution in [-0.2, 0) is 16.1 Å². The summed E-state index contributed by atoms with van der Waals surface area (Å²) in [6.07, 6.45) is 0. The zero-order chi connectivity index (χ0) is 14.2. The second kappa shape index (κ2) is 4.81. The molecule has 1 aromatic rings. The molecule has 1 aromatic heterocycles. The van der Waals surface area contributed by atoms with Gasteiger partial charge in [-0.15, -0.1) is 0 Å². The third-order valence-electron chi connectivity index (χ3n) is 2.54. The molecule has 0 spiro atoms. The van der Waals surface area contributed by atoms with Gasteiger partial charge in [0.2, 0.25) is 0 Å². The van der Waals surface area contributed by atoms with Crippen LogP contribution in [0.4, 0.5) is 0 Å². The minimum Gasteiger partial charge on any atom is -0.459 e. The van der Waals surface area contributed by atoms with Gasteiger partial charge in [-0.2, -0.15) is 0 Å². The van der Waals surface area contributed by atoms with E-state index in [1.54, 1.807) is 32.9 Å². The van der Waals surface area contributed by atoms with Gasteiger partial charge < -0.3 is 9.64 Å². The number of hydrogen-bond acceptors (Lipinski definition) is 4. The van der Waals surface area contributed by atoms with Gasteiger partial charge in [-0.1, -0.05) is 17.7 Å². The minimum absolute atomic E-state index is 0.0793. The molecule has 0 aromatic carbocycles. The largest absolute Gasteiger partial charge is 0.459 e. The average molecular weight is 283 g/mol. The fraction of sp³-hybridized carbons (Fsp3) is 0.462. The SMILES string of the molecule is CC(C)(C)OC(=O)CN1Cc2ccc(Cl)nc2C1=O. The first-order chi connectivity index (χ1) is 8.76. The Labute approximate surface area is 116 Å². The van der Waals surface area contributed by atoms with Crippen LogP contribution in [0, 0.1) is 0 Å². The van der Waals surface area contributed by atoms with Crippen molar-refractivity contribution in [3.8, 4) is 0 Å². The first-order valence-corrected chi connectivity index (χ1v) is 6.30. The number of carbonyl (C=O) groups excluding carboxylic acids is 2. The molecule has 0 saturated heterocycles. The van der Waals surface area contributed by atoms with Crippen molar-refractivity contribution in [1.82, 2.24) is 9.88 Å². The number of ether oxygens (including phenoxy) is 1. The fourth-order valence-corrected chi connectivity index (χ4v) is 2.01. The third-order valence-corrected chi connectivity index (χ3v) is 2.75. The highest BCUT2D eigenvalue weighted by molar-refractivity contribution is 6.29. The Morgan fingerprint density at radius 2 is 2.16 bits per heavy atom. The van der Waals surface area contributed by atoms with Crippen LogP contribution < -0.4 is 0 Å². The number of rotatable bonds is 2. The molecule has 0 radical (unpaired) electrons. The monoisotopic (exact) mass is 282 g/mol. The molecule has 19 heavy (non-hydrogen) atoms. The lowest BCUT2D eigenvalue weighted by Gasteiger charge is -2.22. The zero-order valence-corrected chi connectivity index (χ0v) is 11.8. The van der Waals surface area contributed by atoms with E-state index in [4.69, 9.17) is 16.3 Å². The van der Waals surface area contributed by atoms with E-state index in [2.05, 4.69) is 4.98 Å². The molecule has 0 fully saturated rings. The van der Waals surface area contributed by atoms with Crippen molar-refractivity contribution in [3.63, 3.8) is 0 Å². The molecule has 6 heteroatoms. The summed E-state index contributed by atoms with van der Waals surface area (Å²) >= 11 is 5.76. The number of fused-ring (bicyclic) bond motifs is 1. The molecule has 0 N–H and O–H groups in total. The third kappa shape index (κ3) is 3.23. The first-order valence-electron chi connectivity index (χ1n) is 5.93. The molecule has 0 unspecified atom stereocenters. The highest BCUT2D eigenvalue weighted by Gasteiger charge is 2.31. The lowest BCUT2D eigenvalue weighted by atomic mass is 10.2. The zero-order valence-electron chi connectivity index (χ0n) is 11.1. The predicted octanol–water partition coefficient (Wildman–Crippen LogP) is 2.03. The fourth-order valence-electron chi connectivity index (χ4n) is 1.86. The van der Waals surface area contributed by atoms with Crippen molar-refractivity contribution < 1.29 is 14.3 Å². The van der Waals surface area contributed by atoms with E-state index in [9.17, 15) is 9.59 Å². The maximum atomic E-state index is 12.0. The average Bonchev–Trinajstić information content (AvgIpc) is 2.54. The minimum atomic E-state index is -0.561. The predicted molar refractivity (Wildman–Crippen MR) is 69.8 cm³/mol. The summed E-state index contributed by atoms with van der Waals surface area (Å²) in [5, 5.41) is 0.270. The van der Waals surface area contributed by atoms with Gasteiger partial charge in [0.15, 0.2) is 0 Å². The van der Waals surface area contributed by atoms with E-state index < -0.39 is 11.6 Å². The maximum Gasteiger partial charge on any atom is 0.326 e. The topological polar surface area (TPSA) is 59.5 Å². The highest BCUT2D eigenvalue weighted by Crippen LogP contribution is 2.22. The number of aromatic nitrogens is 1. The summed E-state index contributed by atoms with van der Waals surface area (Å²) in [5.41, 5.74) is 0.530. The van der Waals surface area contributed by atoms with Crippen molar-refractivity contribution in [2.75, 3.05) is 6.54 Å². The van der Waals surface area contributed by atoms with E-state index in [-0.39, 0.29) is 17.6 Å². The van der Waals surface area contributed by atoms with E-state index in [0.717, 1.165) is 5.56 Å². The summed E-state index contributed by atoms with van der Waals surface area (Å²) < 4.78 is 5.19. The summed E-state index contributed by atoms with van der Waals surface area (Å²) in [4.78, 5) is 29.2. The number of carbonyl (C=O) groups is 2. The molecule has 2 heterocycles. The van der Waals surface area contributed by atoms with E-state index in [0.29, 0.717) is 12.2 Å². The molecule has 2 rings (SSSR count). The Bertz CT molecular complexity index is 537. The van der Waals surface area contributed by atoms with Crippen LogP contribution in [0.5, 0.6) is 0 Å². The van der Waals surface area contributed by atoms with Crippen molar-refractivity contribution in [3.05, 3.63) is 28.5 Å². The Balaban J connectivity index is 2.06. The highest BCUT2D eigenvalue weighted by atomic mass is 35.5. The quantitative estimate of drug-likeness (QED) is 0.615. The molecule has 0 saturated carbocycles. The van der Waals surface area contributed by atoms with Crippen molar-refractivity contribution in [1.29, 1.82) is 0 Å². The number of esters is 1. The van der Waals surface area contributed by atoms with Crippen LogP contribution >= 0.6 is 11.6 Å². The second-order valence-electron chi connectivity index (χ2n) is 5.39. The van der Waals surface area contributed by atoms with Gasteiger partial charge in [-0.25, -0.2) is 4.98 Å². The summed E-state index contributed by atoms with van der Waals surface area (Å²) in [6, 6.07) is 3.38. The van der Waals surface area contributed by atoms with E-state index in [1.165, 1.54) is 4.90 Å². The molecule has 0 aliphatic carbocycles. The molecule has 5 nitrogen and oxygen atoms in total. The number of hydrogen-bond donors (Lipinski definition) is 0. The van der Waals surface area contributed by atoms with Crippen LogP contribution in [0.2, 0.25) is 5.15 Å². The molecule has 1 amide bonds. The molecule has 0 atom stereocenters. The standard InChI is InChI=1S/C13H15ClN2O3/c1-13(2,3)19-10(17)7-16-6-8-4-5-9(14)15-11(8)12(16)18/h4-5H,6-7H2,1-3H3. The second-order valence-corrected chi connectivity index (χ2v) is 5.78. The Morgan fingerprint density at radius 3 is 2.79 bits per heavy atom. The molecule has 102 valence electrons. The van der Waals surface area contributed by atoms with Gasteiger partial charge in [0.25, 0.3) is 5.91 Å². The lowest BCUT2D eigenvalue weighted by Crippen LogP contribution is -2.35. The molecular formula is C13H15ClN2O3.